The van der Waals surface area contributed by atoms with E-state index < -0.39 is 9.84 Å². The number of hydrogen-bond donors (Lipinski definition) is 2. The predicted molar refractivity (Wildman–Crippen MR) is 98.5 cm³/mol. The Morgan fingerprint density at radius 2 is 1.96 bits per heavy atom. The molecule has 1 aromatic rings. The summed E-state index contributed by atoms with van der Waals surface area (Å²) in [7, 11) is -1.16. The van der Waals surface area contributed by atoms with Gasteiger partial charge in [-0.2, -0.15) is 0 Å². The summed E-state index contributed by atoms with van der Waals surface area (Å²) in [4.78, 5) is 3.56. The molecule has 0 saturated carbocycles. The molecular weight excluding hydrogens is 346 g/mol. The summed E-state index contributed by atoms with van der Waals surface area (Å²) in [6.07, 6.45) is 0.798. The molecule has 3 rings (SSSR count). The monoisotopic (exact) mass is 370 g/mol. The summed E-state index contributed by atoms with van der Waals surface area (Å²) in [5.41, 5.74) is 0.942. The molecule has 8 heteroatoms. The molecule has 2 fully saturated rings. The lowest BCUT2D eigenvalue weighted by atomic mass is 10.2. The number of hydrogen-bond acceptors (Lipinski definition) is 4. The summed E-state index contributed by atoms with van der Waals surface area (Å²) in [5.74, 6) is 1.51. The van der Waals surface area contributed by atoms with Crippen molar-refractivity contribution in [3.05, 3.63) is 24.3 Å². The first kappa shape index (κ1) is 17.4. The minimum Gasteiger partial charge on any atom is -0.497 e. The zero-order chi connectivity index (χ0) is 17.2. The van der Waals surface area contributed by atoms with Crippen LogP contribution in [0.25, 0.3) is 0 Å². The van der Waals surface area contributed by atoms with Crippen molar-refractivity contribution in [2.45, 2.75) is 12.5 Å². The van der Waals surface area contributed by atoms with Gasteiger partial charge in [0.2, 0.25) is 0 Å². The van der Waals surface area contributed by atoms with E-state index in [0.717, 1.165) is 49.1 Å². The zero-order valence-electron chi connectivity index (χ0n) is 13.8. The Morgan fingerprint density at radius 3 is 2.50 bits per heavy atom. The Bertz CT molecular complexity index is 683. The Morgan fingerprint density at radius 1 is 1.29 bits per heavy atom. The lowest BCUT2D eigenvalue weighted by Gasteiger charge is -2.36. The van der Waals surface area contributed by atoms with Crippen LogP contribution in [0.4, 0.5) is 5.69 Å². The minimum atomic E-state index is -2.80. The molecule has 2 saturated heterocycles. The van der Waals surface area contributed by atoms with Crippen LogP contribution in [-0.4, -0.2) is 69.3 Å². The van der Waals surface area contributed by atoms with Gasteiger partial charge in [-0.3, -0.25) is 0 Å². The van der Waals surface area contributed by atoms with Gasteiger partial charge in [-0.1, -0.05) is 0 Å². The molecule has 0 spiro atoms. The first-order valence-electron chi connectivity index (χ1n) is 8.22. The number of thiocarbonyl (C=S) groups is 1. The van der Waals surface area contributed by atoms with Gasteiger partial charge in [-0.25, -0.2) is 8.42 Å². The summed E-state index contributed by atoms with van der Waals surface area (Å²) >= 11 is 5.51. The topological polar surface area (TPSA) is 63.1 Å². The Balaban J connectivity index is 1.49. The van der Waals surface area contributed by atoms with E-state index in [4.69, 9.17) is 17.0 Å². The maximum absolute atomic E-state index is 11.6. The van der Waals surface area contributed by atoms with Gasteiger partial charge in [-0.15, -0.1) is 0 Å². The maximum Gasteiger partial charge on any atom is 0.173 e. The average molecular weight is 371 g/mol. The van der Waals surface area contributed by atoms with E-state index >= 15 is 0 Å². The quantitative estimate of drug-likeness (QED) is 0.718. The molecule has 1 atom stereocenters. The summed E-state index contributed by atoms with van der Waals surface area (Å²) < 4.78 is 28.4. The zero-order valence-corrected chi connectivity index (χ0v) is 15.5. The molecule has 132 valence electrons. The number of benzene rings is 1. The summed E-state index contributed by atoms with van der Waals surface area (Å²) in [6.45, 7) is 3.58. The highest BCUT2D eigenvalue weighted by atomic mass is 32.2. The van der Waals surface area contributed by atoms with Crippen molar-refractivity contribution >= 4 is 32.9 Å². The number of piperazine rings is 1. The molecule has 1 aromatic carbocycles. The predicted octanol–water partition coefficient (Wildman–Crippen LogP) is -0.220. The summed E-state index contributed by atoms with van der Waals surface area (Å²) in [5, 5.41) is 3.98. The van der Waals surface area contributed by atoms with Crippen molar-refractivity contribution in [1.82, 2.24) is 4.90 Å². The molecule has 24 heavy (non-hydrogen) atoms. The van der Waals surface area contributed by atoms with E-state index in [1.165, 1.54) is 4.90 Å². The fourth-order valence-corrected chi connectivity index (χ4v) is 5.53. The van der Waals surface area contributed by atoms with Crippen molar-refractivity contribution in [1.29, 1.82) is 0 Å². The molecule has 0 aliphatic carbocycles. The van der Waals surface area contributed by atoms with Crippen LogP contribution in [0.15, 0.2) is 24.3 Å². The second kappa shape index (κ2) is 7.25. The molecule has 2 aliphatic rings. The van der Waals surface area contributed by atoms with Gasteiger partial charge in [0.05, 0.1) is 39.0 Å². The number of nitrogens with zero attached hydrogens (tertiary/aromatic N) is 1. The SMILES string of the molecule is COc1ccc(NC(=S)N2CC[NH+]([C@H]3CCS(=O)(=O)C3)CC2)cc1. The van der Waals surface area contributed by atoms with Crippen LogP contribution in [0.1, 0.15) is 6.42 Å². The van der Waals surface area contributed by atoms with Crippen molar-refractivity contribution in [2.75, 3.05) is 50.1 Å². The lowest BCUT2D eigenvalue weighted by Crippen LogP contribution is -3.18. The third-order valence-electron chi connectivity index (χ3n) is 4.84. The highest BCUT2D eigenvalue weighted by molar-refractivity contribution is 7.91. The molecule has 0 unspecified atom stereocenters. The van der Waals surface area contributed by atoms with Crippen LogP contribution in [0.5, 0.6) is 5.75 Å². The molecule has 6 nitrogen and oxygen atoms in total. The fourth-order valence-electron chi connectivity index (χ4n) is 3.40. The molecule has 0 bridgehead atoms. The number of methoxy groups -OCH3 is 1. The van der Waals surface area contributed by atoms with Crippen molar-refractivity contribution < 1.29 is 18.1 Å². The Hall–Kier alpha value is -1.38. The Labute approximate surface area is 148 Å². The van der Waals surface area contributed by atoms with E-state index in [1.54, 1.807) is 7.11 Å². The van der Waals surface area contributed by atoms with Gasteiger partial charge in [0.1, 0.15) is 17.5 Å². The maximum atomic E-state index is 11.6. The Kier molecular flexibility index (Phi) is 5.27. The fraction of sp³-hybridized carbons (Fsp3) is 0.562. The van der Waals surface area contributed by atoms with Crippen molar-refractivity contribution in [3.63, 3.8) is 0 Å². The highest BCUT2D eigenvalue weighted by Crippen LogP contribution is 2.15. The third-order valence-corrected chi connectivity index (χ3v) is 6.97. The van der Waals surface area contributed by atoms with Crippen LogP contribution in [0.3, 0.4) is 0 Å². The second-order valence-corrected chi connectivity index (χ2v) is 9.02. The van der Waals surface area contributed by atoms with Gasteiger partial charge in [-0.05, 0) is 36.5 Å². The van der Waals surface area contributed by atoms with Gasteiger partial charge < -0.3 is 19.9 Å². The van der Waals surface area contributed by atoms with Crippen LogP contribution >= 0.6 is 12.2 Å². The van der Waals surface area contributed by atoms with Gasteiger partial charge >= 0.3 is 0 Å². The van der Waals surface area contributed by atoms with Crippen molar-refractivity contribution in [3.8, 4) is 5.75 Å². The largest absolute Gasteiger partial charge is 0.497 e. The first-order valence-corrected chi connectivity index (χ1v) is 10.4. The summed E-state index contributed by atoms with van der Waals surface area (Å²) in [6, 6.07) is 7.94. The molecule has 0 radical (unpaired) electrons. The van der Waals surface area contributed by atoms with E-state index in [0.29, 0.717) is 11.5 Å². The van der Waals surface area contributed by atoms with Gasteiger partial charge in [0, 0.05) is 12.1 Å². The van der Waals surface area contributed by atoms with E-state index in [-0.39, 0.29) is 6.04 Å². The molecule has 2 N–H and O–H groups in total. The van der Waals surface area contributed by atoms with Crippen LogP contribution in [-0.2, 0) is 9.84 Å². The standard InChI is InChI=1S/C16H23N3O3S2/c1-22-15-4-2-13(3-5-15)17-16(23)19-9-7-18(8-10-19)14-6-11-24(20,21)12-14/h2-5,14H,6-12H2,1H3,(H,17,23)/p+1/t14-/m0/s1. The highest BCUT2D eigenvalue weighted by Gasteiger charge is 2.37. The smallest absolute Gasteiger partial charge is 0.173 e. The van der Waals surface area contributed by atoms with Crippen molar-refractivity contribution in [2.24, 2.45) is 0 Å². The third kappa shape index (κ3) is 4.17. The van der Waals surface area contributed by atoms with Gasteiger partial charge in [0.25, 0.3) is 0 Å². The number of anilines is 1. The second-order valence-electron chi connectivity index (χ2n) is 6.40. The van der Waals surface area contributed by atoms with Crippen LogP contribution in [0, 0.1) is 0 Å². The number of sulfone groups is 1. The van der Waals surface area contributed by atoms with Crippen LogP contribution in [0.2, 0.25) is 0 Å². The average Bonchev–Trinajstić information content (AvgIpc) is 2.95. The number of nitrogens with one attached hydrogen (secondary N) is 2. The van der Waals surface area contributed by atoms with Crippen LogP contribution < -0.4 is 15.0 Å². The molecule has 2 aliphatic heterocycles. The van der Waals surface area contributed by atoms with E-state index in [1.807, 2.05) is 24.3 Å². The number of quaternary nitrogens is 1. The van der Waals surface area contributed by atoms with E-state index in [9.17, 15) is 8.42 Å². The molecule has 0 aromatic heterocycles. The minimum absolute atomic E-state index is 0.264. The number of ether oxygens (including phenoxy) is 1. The number of rotatable bonds is 3. The first-order chi connectivity index (χ1) is 11.5. The normalized spacial score (nSPS) is 23.9. The molecular formula is C16H24N3O3S2+. The lowest BCUT2D eigenvalue weighted by molar-refractivity contribution is -0.925. The molecule has 0 amide bonds. The van der Waals surface area contributed by atoms with E-state index in [2.05, 4.69) is 10.2 Å². The van der Waals surface area contributed by atoms with Gasteiger partial charge in [0.15, 0.2) is 14.9 Å². The molecule has 2 heterocycles.